The van der Waals surface area contributed by atoms with Crippen LogP contribution in [0.5, 0.6) is 0 Å². The van der Waals surface area contributed by atoms with Gasteiger partial charge in [-0.15, -0.1) is 0 Å². The van der Waals surface area contributed by atoms with Crippen LogP contribution < -0.4 is 10.0 Å². The zero-order valence-electron chi connectivity index (χ0n) is 23.6. The molecular formula is C29H39N5O5S. The summed E-state index contributed by atoms with van der Waals surface area (Å²) in [5, 5.41) is 7.22. The van der Waals surface area contributed by atoms with Gasteiger partial charge in [-0.05, 0) is 76.4 Å². The van der Waals surface area contributed by atoms with E-state index in [9.17, 15) is 13.2 Å². The number of nitrogens with zero attached hydrogens (tertiary/aromatic N) is 3. The van der Waals surface area contributed by atoms with Gasteiger partial charge >= 0.3 is 6.09 Å². The number of alkyl carbamates (subject to hydrolysis) is 1. The largest absolute Gasteiger partial charge is 0.444 e. The summed E-state index contributed by atoms with van der Waals surface area (Å²) in [6, 6.07) is 17.0. The predicted octanol–water partition coefficient (Wildman–Crippen LogP) is 4.87. The highest BCUT2D eigenvalue weighted by molar-refractivity contribution is 7.92. The van der Waals surface area contributed by atoms with Gasteiger partial charge in [0.25, 0.3) is 0 Å². The molecule has 2 aromatic carbocycles. The molecule has 1 amide bonds. The van der Waals surface area contributed by atoms with Crippen molar-refractivity contribution >= 4 is 21.8 Å². The number of carbonyl (C=O) groups excluding carboxylic acids is 1. The van der Waals surface area contributed by atoms with Gasteiger partial charge < -0.3 is 19.5 Å². The van der Waals surface area contributed by atoms with Crippen LogP contribution in [0.1, 0.15) is 74.8 Å². The third-order valence-corrected chi connectivity index (χ3v) is 7.27. The number of likely N-dealkylation sites (tertiary alicyclic amines) is 1. The fourth-order valence-electron chi connectivity index (χ4n) is 4.76. The fraction of sp³-hybridized carbons (Fsp3) is 0.483. The van der Waals surface area contributed by atoms with Crippen molar-refractivity contribution in [3.63, 3.8) is 0 Å². The Morgan fingerprint density at radius 3 is 2.40 bits per heavy atom. The summed E-state index contributed by atoms with van der Waals surface area (Å²) in [6.45, 7) is 8.25. The first-order chi connectivity index (χ1) is 18.9. The number of nitrogens with one attached hydrogen (secondary N) is 2. The molecule has 0 spiro atoms. The van der Waals surface area contributed by atoms with Gasteiger partial charge in [-0.25, -0.2) is 13.2 Å². The van der Waals surface area contributed by atoms with Gasteiger partial charge in [0, 0.05) is 24.6 Å². The minimum Gasteiger partial charge on any atom is -0.444 e. The molecule has 40 heavy (non-hydrogen) atoms. The molecule has 1 fully saturated rings. The summed E-state index contributed by atoms with van der Waals surface area (Å²) < 4.78 is 36.3. The number of rotatable bonds is 10. The first-order valence-corrected chi connectivity index (χ1v) is 15.5. The maximum absolute atomic E-state index is 12.5. The van der Waals surface area contributed by atoms with E-state index in [1.165, 1.54) is 0 Å². The zero-order valence-corrected chi connectivity index (χ0v) is 24.4. The lowest BCUT2D eigenvalue weighted by molar-refractivity contribution is 0.0496. The Kier molecular flexibility index (Phi) is 9.47. The van der Waals surface area contributed by atoms with Crippen LogP contribution >= 0.6 is 0 Å². The highest BCUT2D eigenvalue weighted by Crippen LogP contribution is 2.28. The van der Waals surface area contributed by atoms with Crippen molar-refractivity contribution in [3.05, 3.63) is 77.4 Å². The van der Waals surface area contributed by atoms with Crippen molar-refractivity contribution in [2.75, 3.05) is 30.6 Å². The Morgan fingerprint density at radius 1 is 1.10 bits per heavy atom. The van der Waals surface area contributed by atoms with E-state index in [1.54, 1.807) is 12.1 Å². The Morgan fingerprint density at radius 2 is 1.77 bits per heavy atom. The van der Waals surface area contributed by atoms with Gasteiger partial charge in [-0.3, -0.25) is 4.72 Å². The van der Waals surface area contributed by atoms with E-state index in [0.29, 0.717) is 23.8 Å². The molecule has 1 atom stereocenters. The number of sulfonamides is 1. The maximum Gasteiger partial charge on any atom is 0.408 e. The second-order valence-corrected chi connectivity index (χ2v) is 13.1. The molecule has 10 nitrogen and oxygen atoms in total. The molecule has 2 N–H and O–H groups in total. The normalized spacial score (nSPS) is 15.9. The number of benzene rings is 2. The molecule has 1 aliphatic heterocycles. The van der Waals surface area contributed by atoms with Crippen LogP contribution in [-0.2, 0) is 21.2 Å². The number of anilines is 1. The van der Waals surface area contributed by atoms with Crippen LogP contribution in [-0.4, -0.2) is 61.0 Å². The van der Waals surface area contributed by atoms with Crippen LogP contribution in [0.25, 0.3) is 0 Å². The second-order valence-electron chi connectivity index (χ2n) is 11.3. The highest BCUT2D eigenvalue weighted by Gasteiger charge is 2.27. The quantitative estimate of drug-likeness (QED) is 0.354. The minimum absolute atomic E-state index is 0.136. The topological polar surface area (TPSA) is 127 Å². The van der Waals surface area contributed by atoms with Crippen LogP contribution in [0.15, 0.2) is 59.1 Å². The molecule has 1 saturated heterocycles. The summed E-state index contributed by atoms with van der Waals surface area (Å²) >= 11 is 0. The fourth-order valence-corrected chi connectivity index (χ4v) is 5.33. The lowest BCUT2D eigenvalue weighted by atomic mass is 9.96. The number of hydrogen-bond acceptors (Lipinski definition) is 8. The van der Waals surface area contributed by atoms with Crippen molar-refractivity contribution < 1.29 is 22.5 Å². The van der Waals surface area contributed by atoms with E-state index in [4.69, 9.17) is 9.26 Å². The molecule has 0 unspecified atom stereocenters. The average molecular weight is 570 g/mol. The van der Waals surface area contributed by atoms with Crippen LogP contribution in [0.2, 0.25) is 0 Å². The number of amides is 1. The summed E-state index contributed by atoms with van der Waals surface area (Å²) in [7, 11) is -3.31. The third kappa shape index (κ3) is 9.34. The first-order valence-electron chi connectivity index (χ1n) is 13.6. The highest BCUT2D eigenvalue weighted by atomic mass is 32.2. The predicted molar refractivity (Wildman–Crippen MR) is 154 cm³/mol. The summed E-state index contributed by atoms with van der Waals surface area (Å²) in [5.41, 5.74) is 1.99. The number of carbonyl (C=O) groups is 1. The monoisotopic (exact) mass is 569 g/mol. The zero-order chi connectivity index (χ0) is 28.8. The van der Waals surface area contributed by atoms with Crippen molar-refractivity contribution in [2.24, 2.45) is 0 Å². The lowest BCUT2D eigenvalue weighted by Gasteiger charge is -2.32. The summed E-state index contributed by atoms with van der Waals surface area (Å²) in [6.07, 6.45) is 3.84. The molecule has 0 aliphatic carbocycles. The third-order valence-electron chi connectivity index (χ3n) is 6.67. The van der Waals surface area contributed by atoms with Crippen molar-refractivity contribution in [2.45, 2.75) is 64.0 Å². The van der Waals surface area contributed by atoms with E-state index in [0.717, 1.165) is 56.3 Å². The molecule has 11 heteroatoms. The van der Waals surface area contributed by atoms with Crippen molar-refractivity contribution in [3.8, 4) is 0 Å². The molecule has 2 heterocycles. The van der Waals surface area contributed by atoms with Crippen LogP contribution in [0, 0.1) is 0 Å². The Balaban J connectivity index is 1.27. The number of aromatic nitrogens is 2. The number of hydrogen-bond donors (Lipinski definition) is 2. The molecule has 1 aromatic heterocycles. The Bertz CT molecular complexity index is 1350. The van der Waals surface area contributed by atoms with Gasteiger partial charge in [0.15, 0.2) is 5.82 Å². The molecule has 0 radical (unpaired) electrons. The lowest BCUT2D eigenvalue weighted by Crippen LogP contribution is -2.38. The summed E-state index contributed by atoms with van der Waals surface area (Å²) in [4.78, 5) is 19.5. The SMILES string of the molecule is CC(C)(C)OC(=O)N[C@@H](CCN1CCC(c2nc(Cc3ccc(NS(C)(=O)=O)cc3)no2)CC1)c1ccccc1. The van der Waals surface area contributed by atoms with Crippen molar-refractivity contribution in [1.82, 2.24) is 20.4 Å². The van der Waals surface area contributed by atoms with Gasteiger partial charge in [0.2, 0.25) is 15.9 Å². The second kappa shape index (κ2) is 12.8. The van der Waals surface area contributed by atoms with Gasteiger partial charge in [-0.2, -0.15) is 4.98 Å². The van der Waals surface area contributed by atoms with Crippen molar-refractivity contribution in [1.29, 1.82) is 0 Å². The van der Waals surface area contributed by atoms with E-state index in [1.807, 2.05) is 63.2 Å². The van der Waals surface area contributed by atoms with E-state index in [-0.39, 0.29) is 12.0 Å². The maximum atomic E-state index is 12.5. The smallest absolute Gasteiger partial charge is 0.408 e. The Labute approximate surface area is 236 Å². The first kappa shape index (κ1) is 29.5. The van der Waals surface area contributed by atoms with Gasteiger partial charge in [0.05, 0.1) is 12.3 Å². The number of ether oxygens (including phenoxy) is 1. The standard InChI is InChI=1S/C29H39N5O5S/c1-29(2,3)38-28(35)30-25(22-8-6-5-7-9-22)16-19-34-17-14-23(15-18-34)27-31-26(32-39-27)20-21-10-12-24(13-11-21)33-40(4,36)37/h5-13,23,25,33H,14-20H2,1-4H3,(H,30,35)/t25-/m0/s1. The molecule has 0 bridgehead atoms. The van der Waals surface area contributed by atoms with E-state index in [2.05, 4.69) is 25.1 Å². The van der Waals surface area contributed by atoms with Gasteiger partial charge in [-0.1, -0.05) is 47.6 Å². The minimum atomic E-state index is -3.31. The van der Waals surface area contributed by atoms with Crippen LogP contribution in [0.3, 0.4) is 0 Å². The molecule has 1 aliphatic rings. The Hall–Kier alpha value is -3.44. The van der Waals surface area contributed by atoms with E-state index < -0.39 is 21.7 Å². The van der Waals surface area contributed by atoms with Gasteiger partial charge in [0.1, 0.15) is 5.60 Å². The molecular weight excluding hydrogens is 530 g/mol. The summed E-state index contributed by atoms with van der Waals surface area (Å²) in [5.74, 6) is 1.49. The average Bonchev–Trinajstić information content (AvgIpc) is 3.35. The van der Waals surface area contributed by atoms with E-state index >= 15 is 0 Å². The molecule has 4 rings (SSSR count). The molecule has 216 valence electrons. The molecule has 0 saturated carbocycles. The van der Waals surface area contributed by atoms with Crippen LogP contribution in [0.4, 0.5) is 10.5 Å². The molecule has 3 aromatic rings. The number of piperidine rings is 1.